The molecule has 8 heteroatoms. The Labute approximate surface area is 202 Å². The first kappa shape index (κ1) is 23.1. The largest absolute Gasteiger partial charge is 0.497 e. The van der Waals surface area contributed by atoms with Gasteiger partial charge in [0.2, 0.25) is 0 Å². The lowest BCUT2D eigenvalue weighted by molar-refractivity contribution is -0.123. The fourth-order valence-corrected chi connectivity index (χ4v) is 3.37. The van der Waals surface area contributed by atoms with Crippen LogP contribution in [0.3, 0.4) is 0 Å². The number of ether oxygens (including phenoxy) is 3. The quantitative estimate of drug-likeness (QED) is 0.211. The van der Waals surface area contributed by atoms with Gasteiger partial charge in [-0.2, -0.15) is 5.10 Å². The minimum atomic E-state index is -0.366. The third-order valence-corrected chi connectivity index (χ3v) is 5.29. The molecule has 0 aliphatic rings. The second-order valence-corrected chi connectivity index (χ2v) is 8.52. The van der Waals surface area contributed by atoms with E-state index in [4.69, 9.17) is 14.2 Å². The molecule has 0 spiro atoms. The van der Waals surface area contributed by atoms with Gasteiger partial charge in [-0.25, -0.2) is 5.43 Å². The molecular formula is C23H20BrIN2O4. The van der Waals surface area contributed by atoms with Crippen LogP contribution in [0, 0.1) is 3.57 Å². The van der Waals surface area contributed by atoms with Crippen LogP contribution in [0.4, 0.5) is 0 Å². The van der Waals surface area contributed by atoms with Gasteiger partial charge in [-0.05, 0) is 82.8 Å². The Morgan fingerprint density at radius 2 is 1.84 bits per heavy atom. The van der Waals surface area contributed by atoms with Gasteiger partial charge in [0.15, 0.2) is 6.61 Å². The maximum absolute atomic E-state index is 12.0. The van der Waals surface area contributed by atoms with Crippen LogP contribution < -0.4 is 19.6 Å². The van der Waals surface area contributed by atoms with E-state index in [1.165, 1.54) is 6.21 Å². The summed E-state index contributed by atoms with van der Waals surface area (Å²) in [5, 5.41) is 4.02. The van der Waals surface area contributed by atoms with Gasteiger partial charge >= 0.3 is 0 Å². The minimum Gasteiger partial charge on any atom is -0.497 e. The minimum absolute atomic E-state index is 0.137. The van der Waals surface area contributed by atoms with Gasteiger partial charge < -0.3 is 14.2 Å². The monoisotopic (exact) mass is 594 g/mol. The van der Waals surface area contributed by atoms with E-state index >= 15 is 0 Å². The summed E-state index contributed by atoms with van der Waals surface area (Å²) >= 11 is 5.66. The molecule has 0 saturated carbocycles. The van der Waals surface area contributed by atoms with Crippen LogP contribution in [0.25, 0.3) is 0 Å². The molecule has 0 fully saturated rings. The third kappa shape index (κ3) is 7.55. The van der Waals surface area contributed by atoms with Crippen molar-refractivity contribution in [3.05, 3.63) is 85.9 Å². The summed E-state index contributed by atoms with van der Waals surface area (Å²) in [4.78, 5) is 12.0. The van der Waals surface area contributed by atoms with E-state index in [1.807, 2.05) is 48.5 Å². The Bertz CT molecular complexity index is 1060. The van der Waals surface area contributed by atoms with E-state index in [0.717, 1.165) is 13.6 Å². The highest BCUT2D eigenvalue weighted by Crippen LogP contribution is 2.24. The summed E-state index contributed by atoms with van der Waals surface area (Å²) in [5.74, 6) is 1.53. The van der Waals surface area contributed by atoms with Crippen molar-refractivity contribution < 1.29 is 19.0 Å². The second-order valence-electron chi connectivity index (χ2n) is 6.36. The molecule has 3 aromatic rings. The highest BCUT2D eigenvalue weighted by molar-refractivity contribution is 14.1. The molecule has 1 amide bonds. The first-order valence-electron chi connectivity index (χ1n) is 9.29. The van der Waals surface area contributed by atoms with E-state index in [1.54, 1.807) is 25.3 Å². The standard InChI is InChI=1S/C23H20BrIN2O4/c1-29-21-9-10-22(31-14-16-3-2-4-18(24)11-16)17(12-21)13-26-27-23(28)15-30-20-7-5-19(25)6-8-20/h2-13H,14-15H2,1H3,(H,27,28). The van der Waals surface area contributed by atoms with Crippen molar-refractivity contribution in [3.63, 3.8) is 0 Å². The first-order chi connectivity index (χ1) is 15.0. The van der Waals surface area contributed by atoms with Crippen molar-refractivity contribution >= 4 is 50.6 Å². The molecule has 0 bridgehead atoms. The number of amides is 1. The van der Waals surface area contributed by atoms with Gasteiger partial charge in [0.05, 0.1) is 13.3 Å². The predicted molar refractivity (Wildman–Crippen MR) is 132 cm³/mol. The summed E-state index contributed by atoms with van der Waals surface area (Å²) < 4.78 is 18.7. The van der Waals surface area contributed by atoms with Crippen LogP contribution in [-0.2, 0) is 11.4 Å². The van der Waals surface area contributed by atoms with Crippen LogP contribution >= 0.6 is 38.5 Å². The maximum Gasteiger partial charge on any atom is 0.277 e. The van der Waals surface area contributed by atoms with Gasteiger partial charge in [-0.15, -0.1) is 0 Å². The fraction of sp³-hybridized carbons (Fsp3) is 0.130. The molecule has 0 aromatic heterocycles. The van der Waals surface area contributed by atoms with E-state index in [0.29, 0.717) is 29.4 Å². The zero-order valence-electron chi connectivity index (χ0n) is 16.7. The average Bonchev–Trinajstić information content (AvgIpc) is 2.78. The van der Waals surface area contributed by atoms with Gasteiger partial charge in [0.1, 0.15) is 23.9 Å². The molecule has 0 heterocycles. The molecule has 3 aromatic carbocycles. The van der Waals surface area contributed by atoms with Gasteiger partial charge in [-0.1, -0.05) is 28.1 Å². The lowest BCUT2D eigenvalue weighted by atomic mass is 10.2. The van der Waals surface area contributed by atoms with E-state index in [2.05, 4.69) is 49.0 Å². The Morgan fingerprint density at radius 1 is 1.06 bits per heavy atom. The molecule has 0 saturated heterocycles. The fourth-order valence-electron chi connectivity index (χ4n) is 2.56. The molecule has 0 aliphatic heterocycles. The molecular weight excluding hydrogens is 575 g/mol. The predicted octanol–water partition coefficient (Wildman–Crippen LogP) is 5.17. The number of methoxy groups -OCH3 is 1. The second kappa shape index (κ2) is 11.7. The van der Waals surface area contributed by atoms with Crippen molar-refractivity contribution in [1.29, 1.82) is 0 Å². The molecule has 1 N–H and O–H groups in total. The van der Waals surface area contributed by atoms with Crippen molar-refractivity contribution in [2.75, 3.05) is 13.7 Å². The van der Waals surface area contributed by atoms with E-state index in [9.17, 15) is 4.79 Å². The Morgan fingerprint density at radius 3 is 2.58 bits per heavy atom. The van der Waals surface area contributed by atoms with Crippen LogP contribution in [0.15, 0.2) is 76.3 Å². The number of rotatable bonds is 9. The van der Waals surface area contributed by atoms with Crippen molar-refractivity contribution in [3.8, 4) is 17.2 Å². The van der Waals surface area contributed by atoms with Gasteiger partial charge in [-0.3, -0.25) is 4.79 Å². The Kier molecular flexibility index (Phi) is 8.72. The maximum atomic E-state index is 12.0. The molecule has 0 radical (unpaired) electrons. The Hall–Kier alpha value is -2.59. The summed E-state index contributed by atoms with van der Waals surface area (Å²) in [5.41, 5.74) is 4.16. The van der Waals surface area contributed by atoms with Crippen LogP contribution in [0.1, 0.15) is 11.1 Å². The summed E-state index contributed by atoms with van der Waals surface area (Å²) in [6.07, 6.45) is 1.52. The lowest BCUT2D eigenvalue weighted by Gasteiger charge is -2.11. The number of hydrogen-bond donors (Lipinski definition) is 1. The molecule has 31 heavy (non-hydrogen) atoms. The first-order valence-corrected chi connectivity index (χ1v) is 11.2. The number of carbonyl (C=O) groups is 1. The third-order valence-electron chi connectivity index (χ3n) is 4.08. The van der Waals surface area contributed by atoms with Crippen molar-refractivity contribution in [2.24, 2.45) is 5.10 Å². The van der Waals surface area contributed by atoms with Gasteiger partial charge in [0, 0.05) is 13.6 Å². The zero-order chi connectivity index (χ0) is 22.1. The van der Waals surface area contributed by atoms with E-state index < -0.39 is 0 Å². The molecule has 0 atom stereocenters. The van der Waals surface area contributed by atoms with Crippen molar-refractivity contribution in [2.45, 2.75) is 6.61 Å². The van der Waals surface area contributed by atoms with Crippen molar-refractivity contribution in [1.82, 2.24) is 5.43 Å². The number of halogens is 2. The molecule has 0 aliphatic carbocycles. The number of hydrogen-bond acceptors (Lipinski definition) is 5. The summed E-state index contributed by atoms with van der Waals surface area (Å²) in [6.45, 7) is 0.255. The zero-order valence-corrected chi connectivity index (χ0v) is 20.4. The number of nitrogens with one attached hydrogen (secondary N) is 1. The summed E-state index contributed by atoms with van der Waals surface area (Å²) in [6, 6.07) is 20.7. The number of carbonyl (C=O) groups excluding carboxylic acids is 1. The molecule has 0 unspecified atom stereocenters. The highest BCUT2D eigenvalue weighted by atomic mass is 127. The highest BCUT2D eigenvalue weighted by Gasteiger charge is 2.06. The average molecular weight is 595 g/mol. The smallest absolute Gasteiger partial charge is 0.277 e. The molecule has 6 nitrogen and oxygen atoms in total. The Balaban J connectivity index is 1.59. The number of hydrazone groups is 1. The normalized spacial score (nSPS) is 10.7. The lowest BCUT2D eigenvalue weighted by Crippen LogP contribution is -2.24. The van der Waals surface area contributed by atoms with Crippen LogP contribution in [0.5, 0.6) is 17.2 Å². The summed E-state index contributed by atoms with van der Waals surface area (Å²) in [7, 11) is 1.59. The van der Waals surface area contributed by atoms with Crippen LogP contribution in [-0.4, -0.2) is 25.8 Å². The molecule has 3 rings (SSSR count). The van der Waals surface area contributed by atoms with E-state index in [-0.39, 0.29) is 12.5 Å². The number of benzene rings is 3. The molecule has 160 valence electrons. The SMILES string of the molecule is COc1ccc(OCc2cccc(Br)c2)c(C=NNC(=O)COc2ccc(I)cc2)c1. The van der Waals surface area contributed by atoms with Crippen LogP contribution in [0.2, 0.25) is 0 Å². The number of nitrogens with zero attached hydrogens (tertiary/aromatic N) is 1. The topological polar surface area (TPSA) is 69.2 Å². The van der Waals surface area contributed by atoms with Gasteiger partial charge in [0.25, 0.3) is 5.91 Å².